The van der Waals surface area contributed by atoms with Crippen LogP contribution in [0.5, 0.6) is 0 Å². The van der Waals surface area contributed by atoms with Gasteiger partial charge in [-0.3, -0.25) is 9.59 Å². The molecule has 0 aromatic heterocycles. The van der Waals surface area contributed by atoms with E-state index in [1.54, 1.807) is 34.7 Å². The Morgan fingerprint density at radius 1 is 1.20 bits per heavy atom. The fraction of sp³-hybridized carbons (Fsp3) is 0.800. The molecule has 0 saturated carbocycles. The first-order valence-electron chi connectivity index (χ1n) is 4.84. The molecule has 0 saturated heterocycles. The first-order chi connectivity index (χ1) is 6.60. The first kappa shape index (κ1) is 13.9. The van der Waals surface area contributed by atoms with Crippen molar-refractivity contribution in [3.8, 4) is 0 Å². The van der Waals surface area contributed by atoms with Crippen molar-refractivity contribution in [1.82, 2.24) is 10.6 Å². The summed E-state index contributed by atoms with van der Waals surface area (Å²) in [6.07, 6.45) is -0.0987. The fourth-order valence-electron chi connectivity index (χ4n) is 0.999. The highest BCUT2D eigenvalue weighted by Crippen LogP contribution is 2.11. The normalized spacial score (nSPS) is 12.3. The van der Waals surface area contributed by atoms with Crippen molar-refractivity contribution in [3.63, 3.8) is 0 Å². The third-order valence-corrected chi connectivity index (χ3v) is 2.24. The molecule has 0 unspecified atom stereocenters. The largest absolute Gasteiger partial charge is 0.481 e. The van der Waals surface area contributed by atoms with Gasteiger partial charge in [-0.1, -0.05) is 0 Å². The van der Waals surface area contributed by atoms with Crippen LogP contribution in [0.3, 0.4) is 0 Å². The average molecular weight is 216 g/mol. The molecular weight excluding hydrogens is 196 g/mol. The molecule has 0 fully saturated rings. The van der Waals surface area contributed by atoms with E-state index in [1.165, 1.54) is 0 Å². The van der Waals surface area contributed by atoms with Gasteiger partial charge in [0.1, 0.15) is 0 Å². The van der Waals surface area contributed by atoms with E-state index in [1.807, 2.05) is 0 Å². The van der Waals surface area contributed by atoms with Crippen LogP contribution in [0.25, 0.3) is 0 Å². The number of hydrogen-bond acceptors (Lipinski definition) is 3. The van der Waals surface area contributed by atoms with Crippen molar-refractivity contribution in [2.24, 2.45) is 0 Å². The van der Waals surface area contributed by atoms with Crippen LogP contribution in [0.4, 0.5) is 0 Å². The van der Waals surface area contributed by atoms with Gasteiger partial charge < -0.3 is 15.7 Å². The highest BCUT2D eigenvalue weighted by atomic mass is 16.4. The number of nitrogens with one attached hydrogen (secondary N) is 2. The van der Waals surface area contributed by atoms with Crippen LogP contribution < -0.4 is 10.6 Å². The predicted molar refractivity (Wildman–Crippen MR) is 57.6 cm³/mol. The lowest BCUT2D eigenvalue weighted by Gasteiger charge is -2.30. The lowest BCUT2D eigenvalue weighted by molar-refractivity contribution is -0.139. The van der Waals surface area contributed by atoms with Gasteiger partial charge in [-0.05, 0) is 34.7 Å². The molecule has 88 valence electrons. The summed E-state index contributed by atoms with van der Waals surface area (Å²) in [5.74, 6) is -1.14. The molecule has 0 rings (SSSR count). The van der Waals surface area contributed by atoms with E-state index in [0.29, 0.717) is 0 Å². The molecule has 5 heteroatoms. The summed E-state index contributed by atoms with van der Waals surface area (Å²) in [6, 6.07) is 0. The minimum absolute atomic E-state index is 0.0987. The van der Waals surface area contributed by atoms with Crippen LogP contribution in [-0.4, -0.2) is 35.1 Å². The van der Waals surface area contributed by atoms with E-state index < -0.39 is 17.0 Å². The van der Waals surface area contributed by atoms with Gasteiger partial charge in [0.05, 0.1) is 12.0 Å². The van der Waals surface area contributed by atoms with E-state index in [4.69, 9.17) is 5.11 Å². The Morgan fingerprint density at radius 3 is 2.00 bits per heavy atom. The number of amides is 1. The Hall–Kier alpha value is -1.10. The molecule has 5 nitrogen and oxygen atoms in total. The molecule has 3 N–H and O–H groups in total. The third-order valence-electron chi connectivity index (χ3n) is 2.24. The number of carbonyl (C=O) groups is 2. The van der Waals surface area contributed by atoms with E-state index in [2.05, 4.69) is 10.6 Å². The van der Waals surface area contributed by atoms with Gasteiger partial charge in [0.15, 0.2) is 0 Å². The second kappa shape index (κ2) is 4.61. The second-order valence-electron chi connectivity index (χ2n) is 4.78. The monoisotopic (exact) mass is 216 g/mol. The topological polar surface area (TPSA) is 78.4 Å². The quantitative estimate of drug-likeness (QED) is 0.620. The Labute approximate surface area is 90.2 Å². The maximum Gasteiger partial charge on any atom is 0.305 e. The summed E-state index contributed by atoms with van der Waals surface area (Å²) in [4.78, 5) is 22.3. The summed E-state index contributed by atoms with van der Waals surface area (Å²) in [7, 11) is 1.68. The number of carbonyl (C=O) groups excluding carboxylic acids is 1. The Kier molecular flexibility index (Phi) is 4.27. The molecule has 0 aromatic rings. The summed E-state index contributed by atoms with van der Waals surface area (Å²) in [5, 5.41) is 14.2. The first-order valence-corrected chi connectivity index (χ1v) is 4.84. The molecule has 15 heavy (non-hydrogen) atoms. The van der Waals surface area contributed by atoms with Crippen molar-refractivity contribution in [1.29, 1.82) is 0 Å². The van der Waals surface area contributed by atoms with Gasteiger partial charge in [0.2, 0.25) is 5.91 Å². The SMILES string of the molecule is CNC(C)(C)C(=O)NC(C)(C)CC(=O)O. The van der Waals surface area contributed by atoms with Gasteiger partial charge >= 0.3 is 5.97 Å². The molecule has 0 radical (unpaired) electrons. The lowest BCUT2D eigenvalue weighted by atomic mass is 9.97. The van der Waals surface area contributed by atoms with Gasteiger partial charge in [0.25, 0.3) is 0 Å². The Bertz CT molecular complexity index is 259. The number of carboxylic acids is 1. The van der Waals surface area contributed by atoms with E-state index in [-0.39, 0.29) is 12.3 Å². The molecular formula is C10H20N2O3. The molecule has 0 heterocycles. The smallest absolute Gasteiger partial charge is 0.305 e. The van der Waals surface area contributed by atoms with E-state index in [9.17, 15) is 9.59 Å². The van der Waals surface area contributed by atoms with Crippen LogP contribution in [0.2, 0.25) is 0 Å². The summed E-state index contributed by atoms with van der Waals surface area (Å²) in [5.41, 5.74) is -1.44. The van der Waals surface area contributed by atoms with Crippen molar-refractivity contribution >= 4 is 11.9 Å². The minimum Gasteiger partial charge on any atom is -0.481 e. The maximum absolute atomic E-state index is 11.7. The molecule has 0 bridgehead atoms. The number of carboxylic acid groups (broad SMARTS) is 1. The van der Waals surface area contributed by atoms with Crippen molar-refractivity contribution in [2.75, 3.05) is 7.05 Å². The van der Waals surface area contributed by atoms with E-state index >= 15 is 0 Å². The van der Waals surface area contributed by atoms with Crippen LogP contribution in [0.1, 0.15) is 34.1 Å². The average Bonchev–Trinajstić information content (AvgIpc) is 2.00. The lowest BCUT2D eigenvalue weighted by Crippen LogP contribution is -2.57. The van der Waals surface area contributed by atoms with Crippen molar-refractivity contribution in [2.45, 2.75) is 45.2 Å². The maximum atomic E-state index is 11.7. The highest BCUT2D eigenvalue weighted by Gasteiger charge is 2.31. The zero-order valence-corrected chi connectivity index (χ0v) is 9.97. The number of likely N-dealkylation sites (N-methyl/N-ethyl adjacent to an activating group) is 1. The Morgan fingerprint density at radius 2 is 1.67 bits per heavy atom. The van der Waals surface area contributed by atoms with Crippen LogP contribution in [0, 0.1) is 0 Å². The van der Waals surface area contributed by atoms with E-state index in [0.717, 1.165) is 0 Å². The molecule has 0 atom stereocenters. The summed E-state index contributed by atoms with van der Waals surface area (Å²) in [6.45, 7) is 6.84. The van der Waals surface area contributed by atoms with Gasteiger partial charge in [0, 0.05) is 5.54 Å². The van der Waals surface area contributed by atoms with Crippen LogP contribution >= 0.6 is 0 Å². The second-order valence-corrected chi connectivity index (χ2v) is 4.78. The summed E-state index contributed by atoms with van der Waals surface area (Å²) >= 11 is 0. The van der Waals surface area contributed by atoms with Gasteiger partial charge in [-0.2, -0.15) is 0 Å². The number of hydrogen-bond donors (Lipinski definition) is 3. The molecule has 0 aromatic carbocycles. The van der Waals surface area contributed by atoms with Crippen LogP contribution in [0.15, 0.2) is 0 Å². The predicted octanol–water partition coefficient (Wildman–Crippen LogP) is 0.354. The number of rotatable bonds is 5. The molecule has 0 spiro atoms. The van der Waals surface area contributed by atoms with Crippen LogP contribution in [-0.2, 0) is 9.59 Å². The molecule has 1 amide bonds. The zero-order valence-electron chi connectivity index (χ0n) is 9.97. The fourth-order valence-corrected chi connectivity index (χ4v) is 0.999. The standard InChI is InChI=1S/C10H20N2O3/c1-9(2,6-7(13)14)12-8(15)10(3,4)11-5/h11H,6H2,1-5H3,(H,12,15)(H,13,14). The van der Waals surface area contributed by atoms with Crippen molar-refractivity contribution < 1.29 is 14.7 Å². The summed E-state index contributed by atoms with van der Waals surface area (Å²) < 4.78 is 0. The molecule has 0 aliphatic carbocycles. The molecule has 0 aliphatic heterocycles. The zero-order chi connectivity index (χ0) is 12.3. The van der Waals surface area contributed by atoms with Gasteiger partial charge in [-0.15, -0.1) is 0 Å². The third kappa shape index (κ3) is 4.78. The van der Waals surface area contributed by atoms with Gasteiger partial charge in [-0.25, -0.2) is 0 Å². The van der Waals surface area contributed by atoms with Crippen molar-refractivity contribution in [3.05, 3.63) is 0 Å². The minimum atomic E-state index is -0.928. The number of aliphatic carboxylic acids is 1. The highest BCUT2D eigenvalue weighted by molar-refractivity contribution is 5.86. The molecule has 0 aliphatic rings. The Balaban J connectivity index is 4.46.